The maximum absolute atomic E-state index is 3.81. The van der Waals surface area contributed by atoms with Crippen molar-refractivity contribution in [2.24, 2.45) is 0 Å². The summed E-state index contributed by atoms with van der Waals surface area (Å²) in [6.45, 7) is 6.73. The van der Waals surface area contributed by atoms with E-state index in [9.17, 15) is 0 Å². The highest BCUT2D eigenvalue weighted by Gasteiger charge is 2.33. The van der Waals surface area contributed by atoms with Gasteiger partial charge in [-0.15, -0.1) is 11.3 Å². The van der Waals surface area contributed by atoms with Gasteiger partial charge in [0.05, 0.1) is 5.25 Å². The fourth-order valence-corrected chi connectivity index (χ4v) is 7.69. The molecule has 0 amide bonds. The van der Waals surface area contributed by atoms with E-state index in [1.54, 1.807) is 0 Å². The largest absolute Gasteiger partial charge is 0.275 e. The van der Waals surface area contributed by atoms with E-state index in [0.29, 0.717) is 5.25 Å². The molecule has 0 saturated carbocycles. The van der Waals surface area contributed by atoms with Crippen LogP contribution in [-0.2, 0) is 0 Å². The average Bonchev–Trinajstić information content (AvgIpc) is 2.64. The molecular weight excluding hydrogens is 314 g/mol. The molecule has 4 heteroatoms. The maximum atomic E-state index is 3.81. The summed E-state index contributed by atoms with van der Waals surface area (Å²) in [5.41, 5.74) is 1.56. The molecule has 1 N–H and O–H groups in total. The molecule has 0 saturated heterocycles. The fraction of sp³-hybridized carbons (Fsp3) is 0.538. The zero-order valence-corrected chi connectivity index (χ0v) is 14.2. The second kappa shape index (κ2) is 4.41. The summed E-state index contributed by atoms with van der Waals surface area (Å²) in [5, 5.41) is 2.75. The van der Waals surface area contributed by atoms with Gasteiger partial charge in [0.2, 0.25) is 0 Å². The molecule has 0 fully saturated rings. The number of hydrogen-bond acceptors (Lipinski definition) is 2. The van der Waals surface area contributed by atoms with E-state index in [0.717, 1.165) is 0 Å². The predicted octanol–water partition coefficient (Wildman–Crippen LogP) is 4.95. The topological polar surface area (TPSA) is 12.0 Å². The van der Waals surface area contributed by atoms with E-state index in [2.05, 4.69) is 71.5 Å². The maximum Gasteiger partial charge on any atom is 0.0533 e. The van der Waals surface area contributed by atoms with Crippen molar-refractivity contribution in [3.63, 3.8) is 0 Å². The minimum atomic E-state index is -0.865. The van der Waals surface area contributed by atoms with Gasteiger partial charge in [-0.3, -0.25) is 4.72 Å². The number of hydrogen-bond donors (Lipinski definition) is 1. The van der Waals surface area contributed by atoms with Gasteiger partial charge in [-0.1, -0.05) is 12.2 Å². The average molecular weight is 334 g/mol. The molecule has 96 valence electrons. The van der Waals surface area contributed by atoms with Crippen LogP contribution in [0.1, 0.15) is 36.5 Å². The van der Waals surface area contributed by atoms with Crippen molar-refractivity contribution in [1.29, 1.82) is 0 Å². The van der Waals surface area contributed by atoms with Crippen molar-refractivity contribution in [2.75, 3.05) is 12.5 Å². The van der Waals surface area contributed by atoms with E-state index in [1.807, 2.05) is 11.3 Å². The van der Waals surface area contributed by atoms with Gasteiger partial charge < -0.3 is 0 Å². The SMILES string of the molecule is CC(C)(C)NS(C)(C)C1C=Cc2c(Br)csc21. The number of thiophene rings is 1. The summed E-state index contributed by atoms with van der Waals surface area (Å²) in [6.07, 6.45) is 9.37. The quantitative estimate of drug-likeness (QED) is 0.807. The molecule has 1 heterocycles. The summed E-state index contributed by atoms with van der Waals surface area (Å²) >= 11 is 5.49. The second-order valence-electron chi connectivity index (χ2n) is 5.90. The lowest BCUT2D eigenvalue weighted by Crippen LogP contribution is -2.38. The van der Waals surface area contributed by atoms with Crippen LogP contribution in [0.25, 0.3) is 6.08 Å². The van der Waals surface area contributed by atoms with Crippen LogP contribution in [0.2, 0.25) is 0 Å². The Kier molecular flexibility index (Phi) is 3.54. The van der Waals surface area contributed by atoms with E-state index in [1.165, 1.54) is 14.9 Å². The van der Waals surface area contributed by atoms with Crippen LogP contribution in [0.5, 0.6) is 0 Å². The molecule has 1 nitrogen and oxygen atoms in total. The summed E-state index contributed by atoms with van der Waals surface area (Å²) in [4.78, 5) is 1.51. The van der Waals surface area contributed by atoms with Crippen LogP contribution in [0.15, 0.2) is 15.9 Å². The van der Waals surface area contributed by atoms with Gasteiger partial charge in [-0.05, 0) is 49.2 Å². The lowest BCUT2D eigenvalue weighted by Gasteiger charge is -2.43. The van der Waals surface area contributed by atoms with Gasteiger partial charge >= 0.3 is 0 Å². The first kappa shape index (κ1) is 13.7. The smallest absolute Gasteiger partial charge is 0.0533 e. The normalized spacial score (nSPS) is 20.7. The Morgan fingerprint density at radius 2 is 2.00 bits per heavy atom. The van der Waals surface area contributed by atoms with E-state index < -0.39 is 10.2 Å². The molecule has 0 bridgehead atoms. The summed E-state index contributed by atoms with van der Waals surface area (Å²) in [6, 6.07) is 0. The fourth-order valence-electron chi connectivity index (χ4n) is 2.33. The molecule has 1 aliphatic rings. The number of rotatable bonds is 2. The zero-order chi connectivity index (χ0) is 12.8. The van der Waals surface area contributed by atoms with Crippen LogP contribution >= 0.6 is 37.5 Å². The molecule has 0 spiro atoms. The molecule has 17 heavy (non-hydrogen) atoms. The van der Waals surface area contributed by atoms with Gasteiger partial charge in [0, 0.05) is 25.8 Å². The summed E-state index contributed by atoms with van der Waals surface area (Å²) < 4.78 is 5.05. The van der Waals surface area contributed by atoms with E-state index >= 15 is 0 Å². The van der Waals surface area contributed by atoms with Crippen LogP contribution in [0.4, 0.5) is 0 Å². The molecule has 1 unspecified atom stereocenters. The van der Waals surface area contributed by atoms with Crippen LogP contribution in [-0.4, -0.2) is 18.1 Å². The summed E-state index contributed by atoms with van der Waals surface area (Å²) in [5.74, 6) is 0. The first-order valence-corrected chi connectivity index (χ1v) is 9.85. The molecule has 0 radical (unpaired) electrons. The molecule has 1 aliphatic carbocycles. The van der Waals surface area contributed by atoms with Crippen molar-refractivity contribution in [3.8, 4) is 0 Å². The minimum Gasteiger partial charge on any atom is -0.275 e. The molecule has 1 aromatic rings. The Balaban J connectivity index is 2.28. The van der Waals surface area contributed by atoms with Gasteiger partial charge in [0.15, 0.2) is 0 Å². The van der Waals surface area contributed by atoms with Crippen LogP contribution in [0, 0.1) is 0 Å². The lowest BCUT2D eigenvalue weighted by atomic mass is 10.1. The van der Waals surface area contributed by atoms with E-state index in [4.69, 9.17) is 0 Å². The predicted molar refractivity (Wildman–Crippen MR) is 86.1 cm³/mol. The van der Waals surface area contributed by atoms with Crippen molar-refractivity contribution in [1.82, 2.24) is 4.72 Å². The molecular formula is C13H20BrNS2. The van der Waals surface area contributed by atoms with Gasteiger partial charge in [0.1, 0.15) is 0 Å². The Hall–Kier alpha value is 0.230. The number of fused-ring (bicyclic) bond motifs is 1. The highest BCUT2D eigenvalue weighted by Crippen LogP contribution is 2.58. The van der Waals surface area contributed by atoms with Crippen LogP contribution < -0.4 is 4.72 Å². The molecule has 0 aromatic carbocycles. The monoisotopic (exact) mass is 333 g/mol. The standard InChI is InChI=1S/C13H20BrNS2/c1-13(2,3)15-17(4,5)11-7-6-9-10(14)8-16-12(9)11/h6-8,11,15H,1-5H3. The van der Waals surface area contributed by atoms with Crippen molar-refractivity contribution < 1.29 is 0 Å². The first-order chi connectivity index (χ1) is 7.71. The van der Waals surface area contributed by atoms with Crippen molar-refractivity contribution in [3.05, 3.63) is 26.4 Å². The number of halogens is 1. The molecule has 1 atom stereocenters. The first-order valence-electron chi connectivity index (χ1n) is 5.67. The summed E-state index contributed by atoms with van der Waals surface area (Å²) in [7, 11) is -0.865. The Labute approximate surface area is 118 Å². The Morgan fingerprint density at radius 1 is 1.35 bits per heavy atom. The minimum absolute atomic E-state index is 0.171. The molecule has 1 aromatic heterocycles. The van der Waals surface area contributed by atoms with Crippen molar-refractivity contribution >= 4 is 43.6 Å². The van der Waals surface area contributed by atoms with E-state index in [-0.39, 0.29) is 5.54 Å². The molecule has 0 aliphatic heterocycles. The highest BCUT2D eigenvalue weighted by molar-refractivity contribution is 9.10. The van der Waals surface area contributed by atoms with Gasteiger partial charge in [-0.2, -0.15) is 10.2 Å². The number of nitrogens with one attached hydrogen (secondary N) is 1. The highest BCUT2D eigenvalue weighted by atomic mass is 79.9. The Morgan fingerprint density at radius 3 is 2.59 bits per heavy atom. The third-order valence-corrected chi connectivity index (χ3v) is 7.70. The third kappa shape index (κ3) is 2.80. The lowest BCUT2D eigenvalue weighted by molar-refractivity contribution is 0.529. The van der Waals surface area contributed by atoms with Gasteiger partial charge in [0.25, 0.3) is 0 Å². The zero-order valence-electron chi connectivity index (χ0n) is 11.0. The second-order valence-corrected chi connectivity index (χ2v) is 11.2. The molecule has 2 rings (SSSR count). The Bertz CT molecular complexity index is 454. The third-order valence-electron chi connectivity index (χ3n) is 2.71. The van der Waals surface area contributed by atoms with Crippen LogP contribution in [0.3, 0.4) is 0 Å². The van der Waals surface area contributed by atoms with Gasteiger partial charge in [-0.25, -0.2) is 0 Å². The van der Waals surface area contributed by atoms with Crippen molar-refractivity contribution in [2.45, 2.75) is 31.6 Å².